The number of rotatable bonds is 10. The normalized spacial score (nSPS) is 11.0. The minimum absolute atomic E-state index is 0.480. The summed E-state index contributed by atoms with van der Waals surface area (Å²) in [6.07, 6.45) is 1.75. The van der Waals surface area contributed by atoms with Crippen LogP contribution in [0, 0.1) is 5.92 Å². The molecule has 21 heavy (non-hydrogen) atoms. The van der Waals surface area contributed by atoms with Crippen molar-refractivity contribution in [2.75, 3.05) is 33.5 Å². The van der Waals surface area contributed by atoms with Gasteiger partial charge in [-0.1, -0.05) is 25.4 Å². The Labute approximate surface area is 132 Å². The van der Waals surface area contributed by atoms with E-state index in [1.807, 2.05) is 6.07 Å². The van der Waals surface area contributed by atoms with Crippen LogP contribution in [-0.4, -0.2) is 33.5 Å². The second-order valence-electron chi connectivity index (χ2n) is 5.28. The molecule has 0 aliphatic rings. The molecule has 0 heterocycles. The van der Waals surface area contributed by atoms with Crippen LogP contribution >= 0.6 is 11.6 Å². The van der Waals surface area contributed by atoms with Gasteiger partial charge in [0.05, 0.1) is 13.7 Å². The third-order valence-electron chi connectivity index (χ3n) is 3.04. The molecule has 5 heteroatoms. The molecule has 0 spiro atoms. The van der Waals surface area contributed by atoms with Crippen LogP contribution in [0.1, 0.15) is 25.8 Å². The SMILES string of the molecule is COc1cc(Cl)cc(CCN)c1OCCOCCC(C)C. The van der Waals surface area contributed by atoms with Crippen LogP contribution in [0.3, 0.4) is 0 Å². The molecule has 0 aliphatic heterocycles. The maximum absolute atomic E-state index is 6.07. The lowest BCUT2D eigenvalue weighted by molar-refractivity contribution is 0.0913. The van der Waals surface area contributed by atoms with Gasteiger partial charge < -0.3 is 19.9 Å². The highest BCUT2D eigenvalue weighted by molar-refractivity contribution is 6.30. The first-order valence-corrected chi connectivity index (χ1v) is 7.73. The van der Waals surface area contributed by atoms with Gasteiger partial charge in [0.1, 0.15) is 6.61 Å². The molecule has 0 aromatic heterocycles. The van der Waals surface area contributed by atoms with Crippen molar-refractivity contribution in [2.45, 2.75) is 26.7 Å². The van der Waals surface area contributed by atoms with Crippen LogP contribution in [-0.2, 0) is 11.2 Å². The van der Waals surface area contributed by atoms with Gasteiger partial charge in [-0.05, 0) is 31.4 Å². The summed E-state index contributed by atoms with van der Waals surface area (Å²) in [7, 11) is 1.60. The summed E-state index contributed by atoms with van der Waals surface area (Å²) in [5.74, 6) is 1.99. The first kappa shape index (κ1) is 18.1. The minimum atomic E-state index is 0.480. The van der Waals surface area contributed by atoms with Crippen molar-refractivity contribution in [3.63, 3.8) is 0 Å². The Hall–Kier alpha value is -0.970. The van der Waals surface area contributed by atoms with Crippen molar-refractivity contribution in [3.05, 3.63) is 22.7 Å². The predicted molar refractivity (Wildman–Crippen MR) is 86.5 cm³/mol. The first-order chi connectivity index (χ1) is 10.1. The molecule has 0 amide bonds. The Morgan fingerprint density at radius 2 is 1.95 bits per heavy atom. The van der Waals surface area contributed by atoms with Crippen molar-refractivity contribution in [1.82, 2.24) is 0 Å². The highest BCUT2D eigenvalue weighted by Crippen LogP contribution is 2.34. The van der Waals surface area contributed by atoms with Crippen molar-refractivity contribution >= 4 is 11.6 Å². The average molecular weight is 316 g/mol. The fourth-order valence-corrected chi connectivity index (χ4v) is 2.13. The van der Waals surface area contributed by atoms with Gasteiger partial charge in [-0.25, -0.2) is 0 Å². The Morgan fingerprint density at radius 1 is 1.19 bits per heavy atom. The van der Waals surface area contributed by atoms with E-state index < -0.39 is 0 Å². The van der Waals surface area contributed by atoms with Gasteiger partial charge in [0, 0.05) is 23.3 Å². The molecule has 4 nitrogen and oxygen atoms in total. The summed E-state index contributed by atoms with van der Waals surface area (Å²) in [6, 6.07) is 3.61. The molecule has 0 unspecified atom stereocenters. The van der Waals surface area contributed by atoms with Gasteiger partial charge in [-0.15, -0.1) is 0 Å². The monoisotopic (exact) mass is 315 g/mol. The van der Waals surface area contributed by atoms with Crippen LogP contribution in [0.2, 0.25) is 5.02 Å². The lowest BCUT2D eigenvalue weighted by Crippen LogP contribution is -2.11. The summed E-state index contributed by atoms with van der Waals surface area (Å²) < 4.78 is 16.7. The molecule has 2 N–H and O–H groups in total. The summed E-state index contributed by atoms with van der Waals surface area (Å²) in [6.45, 7) is 6.68. The van der Waals surface area contributed by atoms with Crippen LogP contribution in [0.25, 0.3) is 0 Å². The predicted octanol–water partition coefficient (Wildman–Crippen LogP) is 3.29. The van der Waals surface area contributed by atoms with Gasteiger partial charge in [-0.2, -0.15) is 0 Å². The van der Waals surface area contributed by atoms with E-state index in [4.69, 9.17) is 31.5 Å². The lowest BCUT2D eigenvalue weighted by Gasteiger charge is -2.15. The molecule has 0 bridgehead atoms. The number of hydrogen-bond acceptors (Lipinski definition) is 4. The Morgan fingerprint density at radius 3 is 2.57 bits per heavy atom. The van der Waals surface area contributed by atoms with E-state index in [0.29, 0.717) is 48.6 Å². The summed E-state index contributed by atoms with van der Waals surface area (Å²) in [4.78, 5) is 0. The molecule has 1 aromatic rings. The number of nitrogens with two attached hydrogens (primary N) is 1. The molecule has 0 radical (unpaired) electrons. The Balaban J connectivity index is 2.56. The van der Waals surface area contributed by atoms with Crippen molar-refractivity contribution in [1.29, 1.82) is 0 Å². The maximum Gasteiger partial charge on any atom is 0.164 e. The molecular weight excluding hydrogens is 290 g/mol. The van der Waals surface area contributed by atoms with E-state index in [1.54, 1.807) is 13.2 Å². The molecule has 1 rings (SSSR count). The molecule has 0 saturated carbocycles. The van der Waals surface area contributed by atoms with E-state index in [2.05, 4.69) is 13.8 Å². The van der Waals surface area contributed by atoms with Crippen LogP contribution in [0.4, 0.5) is 0 Å². The van der Waals surface area contributed by atoms with Gasteiger partial charge in [0.2, 0.25) is 0 Å². The minimum Gasteiger partial charge on any atom is -0.493 e. The zero-order chi connectivity index (χ0) is 15.7. The largest absolute Gasteiger partial charge is 0.493 e. The van der Waals surface area contributed by atoms with E-state index in [-0.39, 0.29) is 0 Å². The fourth-order valence-electron chi connectivity index (χ4n) is 1.90. The maximum atomic E-state index is 6.07. The fraction of sp³-hybridized carbons (Fsp3) is 0.625. The zero-order valence-electron chi connectivity index (χ0n) is 13.2. The van der Waals surface area contributed by atoms with E-state index in [1.165, 1.54) is 0 Å². The number of benzene rings is 1. The lowest BCUT2D eigenvalue weighted by atomic mass is 10.1. The molecule has 0 saturated heterocycles. The molecule has 0 fully saturated rings. The highest BCUT2D eigenvalue weighted by atomic mass is 35.5. The van der Waals surface area contributed by atoms with Gasteiger partial charge >= 0.3 is 0 Å². The number of ether oxygens (including phenoxy) is 3. The van der Waals surface area contributed by atoms with Crippen LogP contribution in [0.15, 0.2) is 12.1 Å². The summed E-state index contributed by atoms with van der Waals surface area (Å²) in [5.41, 5.74) is 6.59. The van der Waals surface area contributed by atoms with Gasteiger partial charge in [0.25, 0.3) is 0 Å². The standard InChI is InChI=1S/C16H26ClNO3/c1-12(2)5-7-20-8-9-21-16-13(4-6-18)10-14(17)11-15(16)19-3/h10-12H,4-9,18H2,1-3H3. The summed E-state index contributed by atoms with van der Waals surface area (Å²) >= 11 is 6.07. The topological polar surface area (TPSA) is 53.7 Å². The molecular formula is C16H26ClNO3. The second kappa shape index (κ2) is 9.87. The molecule has 0 aliphatic carbocycles. The Bertz CT molecular complexity index is 424. The van der Waals surface area contributed by atoms with Crippen molar-refractivity contribution in [3.8, 4) is 11.5 Å². The van der Waals surface area contributed by atoms with Gasteiger partial charge in [0.15, 0.2) is 11.5 Å². The van der Waals surface area contributed by atoms with E-state index in [0.717, 1.165) is 18.6 Å². The van der Waals surface area contributed by atoms with E-state index in [9.17, 15) is 0 Å². The smallest absolute Gasteiger partial charge is 0.164 e. The highest BCUT2D eigenvalue weighted by Gasteiger charge is 2.12. The first-order valence-electron chi connectivity index (χ1n) is 7.35. The molecule has 0 atom stereocenters. The molecule has 1 aromatic carbocycles. The van der Waals surface area contributed by atoms with Crippen LogP contribution < -0.4 is 15.2 Å². The molecule has 120 valence electrons. The van der Waals surface area contributed by atoms with Crippen LogP contribution in [0.5, 0.6) is 11.5 Å². The third-order valence-corrected chi connectivity index (χ3v) is 3.26. The second-order valence-corrected chi connectivity index (χ2v) is 5.71. The number of hydrogen-bond donors (Lipinski definition) is 1. The van der Waals surface area contributed by atoms with Crippen molar-refractivity contribution < 1.29 is 14.2 Å². The summed E-state index contributed by atoms with van der Waals surface area (Å²) in [5, 5.41) is 0.621. The quantitative estimate of drug-likeness (QED) is 0.673. The zero-order valence-corrected chi connectivity index (χ0v) is 13.9. The van der Waals surface area contributed by atoms with E-state index >= 15 is 0 Å². The van der Waals surface area contributed by atoms with Gasteiger partial charge in [-0.3, -0.25) is 0 Å². The Kier molecular flexibility index (Phi) is 8.50. The average Bonchev–Trinajstić information content (AvgIpc) is 2.43. The van der Waals surface area contributed by atoms with Crippen molar-refractivity contribution in [2.24, 2.45) is 11.7 Å². The number of methoxy groups -OCH3 is 1. The third kappa shape index (κ3) is 6.55. The number of halogens is 1.